The molecular weight excluding hydrogens is 229 g/mol. The number of hydrogen-bond acceptors (Lipinski definition) is 4. The van der Waals surface area contributed by atoms with Gasteiger partial charge in [0.05, 0.1) is 40.1 Å². The second kappa shape index (κ2) is 6.56. The molecule has 0 aromatic rings. The highest BCUT2D eigenvalue weighted by Crippen LogP contribution is 2.07. The summed E-state index contributed by atoms with van der Waals surface area (Å²) in [5.41, 5.74) is 0. The van der Waals surface area contributed by atoms with Crippen molar-refractivity contribution in [1.29, 1.82) is 0 Å². The van der Waals surface area contributed by atoms with Crippen molar-refractivity contribution in [2.24, 2.45) is 0 Å². The Morgan fingerprint density at radius 2 is 1.76 bits per heavy atom. The van der Waals surface area contributed by atoms with E-state index in [-0.39, 0.29) is 12.8 Å². The van der Waals surface area contributed by atoms with Crippen LogP contribution in [0.15, 0.2) is 0 Å². The van der Waals surface area contributed by atoms with Crippen molar-refractivity contribution in [2.75, 3.05) is 27.7 Å². The first kappa shape index (κ1) is 15.9. The third-order valence-corrected chi connectivity index (χ3v) is 1.91. The fourth-order valence-electron chi connectivity index (χ4n) is 1.42. The van der Waals surface area contributed by atoms with Crippen LogP contribution >= 0.6 is 0 Å². The average molecular weight is 251 g/mol. The van der Waals surface area contributed by atoms with Gasteiger partial charge in [0.1, 0.15) is 6.54 Å². The van der Waals surface area contributed by atoms with Gasteiger partial charge in [0, 0.05) is 0 Å². The number of carboxylic acids is 1. The fraction of sp³-hybridized carbons (Fsp3) is 0.818. The van der Waals surface area contributed by atoms with E-state index in [1.807, 2.05) is 21.1 Å². The summed E-state index contributed by atoms with van der Waals surface area (Å²) in [5, 5.41) is 17.8. The Morgan fingerprint density at radius 3 is 2.12 bits per heavy atom. The zero-order chi connectivity index (χ0) is 13.6. The zero-order valence-corrected chi connectivity index (χ0v) is 10.8. The van der Waals surface area contributed by atoms with E-state index in [0.29, 0.717) is 11.0 Å². The Labute approximate surface area is 101 Å². The summed E-state index contributed by atoms with van der Waals surface area (Å²) in [7, 11) is 5.66. The molecule has 0 fully saturated rings. The van der Waals surface area contributed by atoms with Crippen LogP contribution in [0.2, 0.25) is 0 Å². The van der Waals surface area contributed by atoms with Crippen molar-refractivity contribution >= 4 is 11.9 Å². The number of carbonyl (C=O) groups excluding carboxylic acids is 1. The lowest BCUT2D eigenvalue weighted by Crippen LogP contribution is -2.44. The SMILES string of the molecule is CC(O)CC(=O)O[C@@H](CC(=O)O)C[N+]([13CH3])([13CH3])[13CH3]. The minimum atomic E-state index is -1.01. The molecule has 0 radical (unpaired) electrons. The maximum absolute atomic E-state index is 11.3. The minimum Gasteiger partial charge on any atom is -0.481 e. The molecule has 0 heterocycles. The maximum atomic E-state index is 11.3. The number of esters is 1. The van der Waals surface area contributed by atoms with Gasteiger partial charge in [-0.1, -0.05) is 0 Å². The Morgan fingerprint density at radius 1 is 1.24 bits per heavy atom. The number of aliphatic hydroxyl groups excluding tert-OH is 1. The van der Waals surface area contributed by atoms with E-state index in [9.17, 15) is 9.59 Å². The lowest BCUT2D eigenvalue weighted by atomic mass is 10.2. The standard InChI is InChI=1S/C11H21NO5/c1-8(13)5-11(16)17-9(6-10(14)15)7-12(2,3)4/h8-9,13H,5-7H2,1-4H3/p+1/t8?,9-/m0/s1/i2+1,3+1,4+1. The molecule has 100 valence electrons. The molecule has 0 aromatic heterocycles. The topological polar surface area (TPSA) is 83.8 Å². The number of likely N-dealkylation sites (N-methyl/N-ethyl adjacent to an activating group) is 1. The fourth-order valence-corrected chi connectivity index (χ4v) is 1.42. The van der Waals surface area contributed by atoms with Crippen LogP contribution in [0.4, 0.5) is 0 Å². The molecule has 0 aliphatic rings. The molecule has 0 aliphatic carbocycles. The van der Waals surface area contributed by atoms with Crippen LogP contribution in [-0.2, 0) is 14.3 Å². The molecule has 0 amide bonds. The Bertz CT molecular complexity index is 270. The number of carbonyl (C=O) groups is 2. The van der Waals surface area contributed by atoms with Crippen LogP contribution in [0.1, 0.15) is 19.8 Å². The molecule has 0 aromatic carbocycles. The van der Waals surface area contributed by atoms with Crippen LogP contribution in [0, 0.1) is 0 Å². The first-order valence-corrected chi connectivity index (χ1v) is 5.50. The van der Waals surface area contributed by atoms with E-state index in [0.717, 1.165) is 0 Å². The van der Waals surface area contributed by atoms with E-state index in [2.05, 4.69) is 0 Å². The highest BCUT2D eigenvalue weighted by atomic mass is 16.5. The van der Waals surface area contributed by atoms with Crippen LogP contribution < -0.4 is 0 Å². The predicted octanol–water partition coefficient (Wildman–Crippen LogP) is -0.150. The van der Waals surface area contributed by atoms with Gasteiger partial charge in [-0.15, -0.1) is 0 Å². The lowest BCUT2D eigenvalue weighted by molar-refractivity contribution is -0.873. The number of hydrogen-bond donors (Lipinski definition) is 2. The van der Waals surface area contributed by atoms with E-state index in [4.69, 9.17) is 14.9 Å². The number of ether oxygens (including phenoxy) is 1. The Balaban J connectivity index is 4.38. The second-order valence-electron chi connectivity index (χ2n) is 5.24. The normalized spacial score (nSPS) is 15.1. The Hall–Kier alpha value is -1.14. The first-order chi connectivity index (χ1) is 7.60. The number of nitrogens with zero attached hydrogens (tertiary/aromatic N) is 1. The maximum Gasteiger partial charge on any atom is 0.308 e. The zero-order valence-electron chi connectivity index (χ0n) is 10.8. The van der Waals surface area contributed by atoms with Crippen LogP contribution in [0.25, 0.3) is 0 Å². The van der Waals surface area contributed by atoms with Gasteiger partial charge in [-0.3, -0.25) is 9.59 Å². The molecule has 6 nitrogen and oxygen atoms in total. The largest absolute Gasteiger partial charge is 0.481 e. The number of rotatable bonds is 7. The van der Waals surface area contributed by atoms with Gasteiger partial charge in [0.25, 0.3) is 0 Å². The summed E-state index contributed by atoms with van der Waals surface area (Å²) in [6.07, 6.45) is -1.79. The van der Waals surface area contributed by atoms with Gasteiger partial charge in [0.15, 0.2) is 6.10 Å². The van der Waals surface area contributed by atoms with Gasteiger partial charge in [-0.25, -0.2) is 0 Å². The molecule has 0 saturated carbocycles. The van der Waals surface area contributed by atoms with Gasteiger partial charge >= 0.3 is 11.9 Å². The molecule has 2 N–H and O–H groups in total. The van der Waals surface area contributed by atoms with Crippen molar-refractivity contribution in [3.05, 3.63) is 0 Å². The number of aliphatic hydroxyl groups is 1. The summed E-state index contributed by atoms with van der Waals surface area (Å²) in [4.78, 5) is 22.0. The monoisotopic (exact) mass is 251 g/mol. The van der Waals surface area contributed by atoms with E-state index < -0.39 is 24.1 Å². The molecule has 6 heteroatoms. The van der Waals surface area contributed by atoms with Crippen LogP contribution in [0.5, 0.6) is 0 Å². The molecule has 0 spiro atoms. The Kier molecular flexibility index (Phi) is 6.12. The predicted molar refractivity (Wildman–Crippen MR) is 61.3 cm³/mol. The highest BCUT2D eigenvalue weighted by Gasteiger charge is 2.25. The van der Waals surface area contributed by atoms with Crippen LogP contribution in [-0.4, -0.2) is 66.5 Å². The quantitative estimate of drug-likeness (QED) is 0.373. The first-order valence-electron chi connectivity index (χ1n) is 5.50. The molecular formula is C11H22NO5+. The summed E-state index contributed by atoms with van der Waals surface area (Å²) in [6, 6.07) is 0. The van der Waals surface area contributed by atoms with E-state index in [1.165, 1.54) is 6.92 Å². The van der Waals surface area contributed by atoms with Crippen molar-refractivity contribution in [3.63, 3.8) is 0 Å². The molecule has 0 rings (SSSR count). The second-order valence-corrected chi connectivity index (χ2v) is 5.24. The smallest absolute Gasteiger partial charge is 0.308 e. The lowest BCUT2D eigenvalue weighted by Gasteiger charge is -2.28. The molecule has 0 aliphatic heterocycles. The number of quaternary nitrogens is 1. The van der Waals surface area contributed by atoms with Gasteiger partial charge in [-0.05, 0) is 6.92 Å². The average Bonchev–Trinajstić information content (AvgIpc) is 1.95. The van der Waals surface area contributed by atoms with E-state index in [1.54, 1.807) is 0 Å². The van der Waals surface area contributed by atoms with Crippen molar-refractivity contribution in [1.82, 2.24) is 0 Å². The van der Waals surface area contributed by atoms with Crippen molar-refractivity contribution < 1.29 is 29.0 Å². The molecule has 0 bridgehead atoms. The summed E-state index contributed by atoms with van der Waals surface area (Å²) < 4.78 is 5.55. The van der Waals surface area contributed by atoms with E-state index >= 15 is 0 Å². The molecule has 17 heavy (non-hydrogen) atoms. The minimum absolute atomic E-state index is 0.118. The van der Waals surface area contributed by atoms with Gasteiger partial charge in [-0.2, -0.15) is 0 Å². The number of carboxylic acid groups (broad SMARTS) is 1. The summed E-state index contributed by atoms with van der Waals surface area (Å²) >= 11 is 0. The molecule has 0 saturated heterocycles. The van der Waals surface area contributed by atoms with Crippen molar-refractivity contribution in [3.8, 4) is 0 Å². The third-order valence-electron chi connectivity index (χ3n) is 1.91. The molecule has 1 unspecified atom stereocenters. The van der Waals surface area contributed by atoms with Crippen LogP contribution in [0.3, 0.4) is 0 Å². The van der Waals surface area contributed by atoms with Crippen molar-refractivity contribution in [2.45, 2.75) is 32.0 Å². The summed E-state index contributed by atoms with van der Waals surface area (Å²) in [6.45, 7) is 1.89. The van der Waals surface area contributed by atoms with Gasteiger partial charge < -0.3 is 19.4 Å². The highest BCUT2D eigenvalue weighted by molar-refractivity contribution is 5.71. The summed E-state index contributed by atoms with van der Waals surface area (Å²) in [5.74, 6) is -1.58. The van der Waals surface area contributed by atoms with Gasteiger partial charge in [0.2, 0.25) is 0 Å². The number of aliphatic carboxylic acids is 1. The molecule has 2 atom stereocenters. The third kappa shape index (κ3) is 9.77.